The molecule has 9 heteroatoms. The number of fused-ring (bicyclic) bond motifs is 1. The van der Waals surface area contributed by atoms with Gasteiger partial charge in [0.15, 0.2) is 5.75 Å². The Hall–Kier alpha value is -3.82. The minimum Gasteiger partial charge on any atom is -0.486 e. The lowest BCUT2D eigenvalue weighted by atomic mass is 9.98. The summed E-state index contributed by atoms with van der Waals surface area (Å²) in [5, 5.41) is 12.7. The van der Waals surface area contributed by atoms with Crippen LogP contribution in [0.2, 0.25) is 0 Å². The molecule has 0 aliphatic carbocycles. The summed E-state index contributed by atoms with van der Waals surface area (Å²) in [6.07, 6.45) is 4.02. The van der Waals surface area contributed by atoms with Gasteiger partial charge in [-0.3, -0.25) is 19.5 Å². The Kier molecular flexibility index (Phi) is 8.47. The zero-order valence-corrected chi connectivity index (χ0v) is 21.4. The van der Waals surface area contributed by atoms with Gasteiger partial charge in [0.05, 0.1) is 30.1 Å². The first kappa shape index (κ1) is 26.2. The van der Waals surface area contributed by atoms with Crippen molar-refractivity contribution in [2.75, 3.05) is 32.1 Å². The molecule has 0 fully saturated rings. The Morgan fingerprint density at radius 3 is 2.70 bits per heavy atom. The van der Waals surface area contributed by atoms with Crippen molar-refractivity contribution in [2.24, 2.45) is 5.92 Å². The number of amides is 2. The second kappa shape index (κ2) is 11.9. The summed E-state index contributed by atoms with van der Waals surface area (Å²) < 4.78 is 6.56. The molecule has 2 N–H and O–H groups in total. The number of rotatable bonds is 8. The molecule has 0 saturated carbocycles. The van der Waals surface area contributed by atoms with E-state index in [1.54, 1.807) is 23.1 Å². The van der Waals surface area contributed by atoms with Crippen molar-refractivity contribution in [1.82, 2.24) is 19.8 Å². The molecule has 0 unspecified atom stereocenters. The summed E-state index contributed by atoms with van der Waals surface area (Å²) in [7, 11) is 2.03. The fraction of sp³-hybridized carbons (Fsp3) is 0.357. The monoisotopic (exact) mass is 503 g/mol. The molecule has 0 spiro atoms. The number of aromatic nitrogens is 2. The van der Waals surface area contributed by atoms with Gasteiger partial charge in [0.2, 0.25) is 0 Å². The summed E-state index contributed by atoms with van der Waals surface area (Å²) in [5.74, 6) is -0.446. The number of benzene rings is 2. The van der Waals surface area contributed by atoms with Gasteiger partial charge in [-0.2, -0.15) is 0 Å². The predicted molar refractivity (Wildman–Crippen MR) is 140 cm³/mol. The van der Waals surface area contributed by atoms with Crippen molar-refractivity contribution in [3.63, 3.8) is 0 Å². The van der Waals surface area contributed by atoms with Gasteiger partial charge in [-0.15, -0.1) is 0 Å². The van der Waals surface area contributed by atoms with E-state index in [4.69, 9.17) is 4.74 Å². The van der Waals surface area contributed by atoms with E-state index in [0.717, 1.165) is 6.54 Å². The summed E-state index contributed by atoms with van der Waals surface area (Å²) in [5.41, 5.74) is 2.05. The van der Waals surface area contributed by atoms with Gasteiger partial charge in [0.1, 0.15) is 11.8 Å². The molecule has 1 aliphatic heterocycles. The van der Waals surface area contributed by atoms with Crippen LogP contribution in [-0.4, -0.2) is 75.6 Å². The molecule has 2 aromatic carbocycles. The Bertz CT molecular complexity index is 1210. The number of hydrogen-bond donors (Lipinski definition) is 2. The van der Waals surface area contributed by atoms with Crippen LogP contribution >= 0.6 is 0 Å². The van der Waals surface area contributed by atoms with Gasteiger partial charge >= 0.3 is 0 Å². The maximum atomic E-state index is 13.6. The highest BCUT2D eigenvalue weighted by Crippen LogP contribution is 2.35. The van der Waals surface area contributed by atoms with Gasteiger partial charge in [-0.1, -0.05) is 43.3 Å². The van der Waals surface area contributed by atoms with E-state index >= 15 is 0 Å². The average Bonchev–Trinajstić information content (AvgIpc) is 2.91. The summed E-state index contributed by atoms with van der Waals surface area (Å²) in [6.45, 7) is 5.47. The molecule has 1 aliphatic rings. The van der Waals surface area contributed by atoms with Gasteiger partial charge in [-0.05, 0) is 31.7 Å². The summed E-state index contributed by atoms with van der Waals surface area (Å²) in [6, 6.07) is 14.9. The lowest BCUT2D eigenvalue weighted by Crippen LogP contribution is -2.49. The van der Waals surface area contributed by atoms with Crippen LogP contribution in [0.1, 0.15) is 40.3 Å². The van der Waals surface area contributed by atoms with Crippen molar-refractivity contribution < 1.29 is 19.4 Å². The van der Waals surface area contributed by atoms with Crippen molar-refractivity contribution in [3.05, 3.63) is 83.9 Å². The molecule has 194 valence electrons. The molecule has 37 heavy (non-hydrogen) atoms. The smallest absolute Gasteiger partial charge is 0.275 e. The third kappa shape index (κ3) is 6.31. The Labute approximate surface area is 217 Å². The highest BCUT2D eigenvalue weighted by molar-refractivity contribution is 6.06. The van der Waals surface area contributed by atoms with Crippen LogP contribution < -0.4 is 10.1 Å². The SMILES string of the molecule is C[C@@H]1CN([C@H](C)CO)C(=O)c2cccc(NC(=O)c3cnccn3)c2O[C@@H]1CN(C)Cc1ccccc1. The zero-order valence-electron chi connectivity index (χ0n) is 21.4. The number of hydrogen-bond acceptors (Lipinski definition) is 7. The number of ether oxygens (including phenoxy) is 1. The molecule has 0 bridgehead atoms. The van der Waals surface area contributed by atoms with Crippen LogP contribution in [0, 0.1) is 5.92 Å². The molecule has 9 nitrogen and oxygen atoms in total. The van der Waals surface area contributed by atoms with Crippen molar-refractivity contribution >= 4 is 17.5 Å². The average molecular weight is 504 g/mol. The van der Waals surface area contributed by atoms with E-state index < -0.39 is 5.91 Å². The number of para-hydroxylation sites is 1. The first-order chi connectivity index (χ1) is 17.9. The van der Waals surface area contributed by atoms with Gasteiger partial charge in [-0.25, -0.2) is 4.98 Å². The molecule has 0 saturated heterocycles. The molecule has 2 amide bonds. The van der Waals surface area contributed by atoms with Crippen LogP contribution in [0.4, 0.5) is 5.69 Å². The fourth-order valence-electron chi connectivity index (χ4n) is 4.43. The van der Waals surface area contributed by atoms with E-state index in [2.05, 4.69) is 32.3 Å². The van der Waals surface area contributed by atoms with Crippen molar-refractivity contribution in [1.29, 1.82) is 0 Å². The molecular formula is C28H33N5O4. The Morgan fingerprint density at radius 1 is 1.22 bits per heavy atom. The normalized spacial score (nSPS) is 18.4. The van der Waals surface area contributed by atoms with E-state index in [1.807, 2.05) is 39.1 Å². The highest BCUT2D eigenvalue weighted by atomic mass is 16.5. The predicted octanol–water partition coefficient (Wildman–Crippen LogP) is 3.08. The number of aliphatic hydroxyl groups is 1. The molecule has 2 heterocycles. The lowest BCUT2D eigenvalue weighted by molar-refractivity contribution is 0.0343. The number of aliphatic hydroxyl groups excluding tert-OH is 1. The second-order valence-electron chi connectivity index (χ2n) is 9.53. The minimum absolute atomic E-state index is 0.0481. The zero-order chi connectivity index (χ0) is 26.4. The third-order valence-electron chi connectivity index (χ3n) is 6.52. The van der Waals surface area contributed by atoms with Gasteiger partial charge in [0, 0.05) is 37.9 Å². The molecule has 0 radical (unpaired) electrons. The number of carbonyl (C=O) groups is 2. The maximum Gasteiger partial charge on any atom is 0.275 e. The molecule has 3 aromatic rings. The quantitative estimate of drug-likeness (QED) is 0.486. The highest BCUT2D eigenvalue weighted by Gasteiger charge is 2.34. The summed E-state index contributed by atoms with van der Waals surface area (Å²) >= 11 is 0. The van der Waals surface area contributed by atoms with Crippen LogP contribution in [0.15, 0.2) is 67.1 Å². The molecular weight excluding hydrogens is 470 g/mol. The number of nitrogens with one attached hydrogen (secondary N) is 1. The van der Waals surface area contributed by atoms with Gasteiger partial charge in [0.25, 0.3) is 11.8 Å². The Morgan fingerprint density at radius 2 is 2.00 bits per heavy atom. The van der Waals surface area contributed by atoms with Crippen LogP contribution in [-0.2, 0) is 6.54 Å². The van der Waals surface area contributed by atoms with Crippen molar-refractivity contribution in [2.45, 2.75) is 32.5 Å². The first-order valence-electron chi connectivity index (χ1n) is 12.4. The minimum atomic E-state index is -0.453. The molecule has 4 rings (SSSR count). The van der Waals surface area contributed by atoms with Gasteiger partial charge < -0.3 is 20.1 Å². The maximum absolute atomic E-state index is 13.6. The van der Waals surface area contributed by atoms with Crippen LogP contribution in [0.3, 0.4) is 0 Å². The van der Waals surface area contributed by atoms with Crippen LogP contribution in [0.25, 0.3) is 0 Å². The molecule has 3 atom stereocenters. The third-order valence-corrected chi connectivity index (χ3v) is 6.52. The standard InChI is InChI=1S/C28H33N5O4/c1-19-15-33(20(2)18-34)28(36)22-10-7-11-23(31-27(35)24-14-29-12-13-30-24)26(22)37-25(19)17-32(3)16-21-8-5-4-6-9-21/h4-14,19-20,25,34H,15-18H2,1-3H3,(H,31,35)/t19-,20-,25-/m1/s1. The second-order valence-corrected chi connectivity index (χ2v) is 9.53. The number of nitrogens with zero attached hydrogens (tertiary/aromatic N) is 4. The Balaban J connectivity index is 1.67. The van der Waals surface area contributed by atoms with E-state index in [0.29, 0.717) is 30.1 Å². The van der Waals surface area contributed by atoms with Crippen molar-refractivity contribution in [3.8, 4) is 5.75 Å². The van der Waals surface area contributed by atoms with Crippen LogP contribution in [0.5, 0.6) is 5.75 Å². The number of carbonyl (C=O) groups excluding carboxylic acids is 2. The molecule has 1 aromatic heterocycles. The number of likely N-dealkylation sites (N-methyl/N-ethyl adjacent to an activating group) is 1. The topological polar surface area (TPSA) is 108 Å². The largest absolute Gasteiger partial charge is 0.486 e. The summed E-state index contributed by atoms with van der Waals surface area (Å²) in [4.78, 5) is 38.4. The number of anilines is 1. The van der Waals surface area contributed by atoms with E-state index in [9.17, 15) is 14.7 Å². The van der Waals surface area contributed by atoms with E-state index in [1.165, 1.54) is 24.2 Å². The van der Waals surface area contributed by atoms with E-state index in [-0.39, 0.29) is 36.3 Å². The first-order valence-corrected chi connectivity index (χ1v) is 12.4. The lowest BCUT2D eigenvalue weighted by Gasteiger charge is -2.38. The fourth-order valence-corrected chi connectivity index (χ4v) is 4.43.